The molecule has 0 radical (unpaired) electrons. The van der Waals surface area contributed by atoms with Crippen LogP contribution in [0.15, 0.2) is 60.3 Å². The minimum Gasteiger partial charge on any atom is -0.405 e. The Balaban J connectivity index is 3.16. The Morgan fingerprint density at radius 1 is 1.25 bits per heavy atom. The van der Waals surface area contributed by atoms with Gasteiger partial charge in [0.2, 0.25) is 0 Å². The quantitative estimate of drug-likeness (QED) is 0.754. The molecule has 1 aromatic carbocycles. The van der Waals surface area contributed by atoms with Crippen LogP contribution in [-0.2, 0) is 0 Å². The first-order chi connectivity index (χ1) is 7.83. The molecule has 0 aliphatic rings. The second kappa shape index (κ2) is 6.67. The molecular weight excluding hydrogens is 194 g/mol. The van der Waals surface area contributed by atoms with Gasteiger partial charge in [0.15, 0.2) is 0 Å². The fraction of sp³-hybridized carbons (Fsp3) is 0.200. The number of hydrogen-bond acceptors (Lipinski definition) is 1. The summed E-state index contributed by atoms with van der Waals surface area (Å²) in [5, 5.41) is 0. The molecule has 1 aromatic rings. The van der Waals surface area contributed by atoms with E-state index in [2.05, 4.69) is 50.3 Å². The molecule has 1 heteroatoms. The first kappa shape index (κ1) is 12.3. The van der Waals surface area contributed by atoms with Crippen molar-refractivity contribution in [1.29, 1.82) is 0 Å². The van der Waals surface area contributed by atoms with Crippen LogP contribution in [0.25, 0.3) is 5.57 Å². The lowest BCUT2D eigenvalue weighted by Gasteiger charge is -2.09. The molecular formula is C15H19N. The van der Waals surface area contributed by atoms with Crippen molar-refractivity contribution in [2.75, 3.05) is 0 Å². The zero-order chi connectivity index (χ0) is 11.8. The van der Waals surface area contributed by atoms with Crippen LogP contribution >= 0.6 is 0 Å². The van der Waals surface area contributed by atoms with Gasteiger partial charge in [0, 0.05) is 0 Å². The maximum Gasteiger partial charge on any atom is -0.00622 e. The molecule has 84 valence electrons. The smallest absolute Gasteiger partial charge is 0.00622 e. The fourth-order valence-corrected chi connectivity index (χ4v) is 1.71. The minimum atomic E-state index is 1.02. The van der Waals surface area contributed by atoms with E-state index in [1.807, 2.05) is 12.1 Å². The number of benzene rings is 1. The zero-order valence-corrected chi connectivity index (χ0v) is 9.98. The number of nitrogens with two attached hydrogens (primary N) is 1. The molecule has 0 unspecified atom stereocenters. The molecule has 0 heterocycles. The van der Waals surface area contributed by atoms with Crippen molar-refractivity contribution in [2.45, 2.75) is 20.3 Å². The van der Waals surface area contributed by atoms with Crippen LogP contribution in [0, 0.1) is 0 Å². The van der Waals surface area contributed by atoms with E-state index in [4.69, 9.17) is 5.73 Å². The van der Waals surface area contributed by atoms with E-state index >= 15 is 0 Å². The Hall–Kier alpha value is -1.76. The van der Waals surface area contributed by atoms with Gasteiger partial charge in [0.25, 0.3) is 0 Å². The summed E-state index contributed by atoms with van der Waals surface area (Å²) in [4.78, 5) is 0. The van der Waals surface area contributed by atoms with Crippen molar-refractivity contribution < 1.29 is 0 Å². The van der Waals surface area contributed by atoms with Gasteiger partial charge in [0.05, 0.1) is 0 Å². The van der Waals surface area contributed by atoms with Gasteiger partial charge < -0.3 is 5.73 Å². The highest BCUT2D eigenvalue weighted by atomic mass is 14.5. The van der Waals surface area contributed by atoms with Gasteiger partial charge >= 0.3 is 0 Å². The predicted molar refractivity (Wildman–Crippen MR) is 71.8 cm³/mol. The summed E-state index contributed by atoms with van der Waals surface area (Å²) in [6.45, 7) is 4.24. The monoisotopic (exact) mass is 213 g/mol. The average molecular weight is 213 g/mol. The number of allylic oxidation sites excluding steroid dienone is 5. The summed E-state index contributed by atoms with van der Waals surface area (Å²) in [7, 11) is 0. The van der Waals surface area contributed by atoms with E-state index in [0.29, 0.717) is 0 Å². The Labute approximate surface area is 98.0 Å². The molecule has 0 aromatic heterocycles. The Kier molecular flexibility index (Phi) is 5.13. The molecule has 1 rings (SSSR count). The lowest BCUT2D eigenvalue weighted by molar-refractivity contribution is 1.15. The first-order valence-corrected chi connectivity index (χ1v) is 5.63. The fourth-order valence-electron chi connectivity index (χ4n) is 1.71. The van der Waals surface area contributed by atoms with E-state index in [1.54, 1.807) is 6.20 Å². The van der Waals surface area contributed by atoms with Crippen LogP contribution in [0.1, 0.15) is 25.8 Å². The largest absolute Gasteiger partial charge is 0.405 e. The van der Waals surface area contributed by atoms with E-state index in [1.165, 1.54) is 16.7 Å². The van der Waals surface area contributed by atoms with Gasteiger partial charge in [-0.15, -0.1) is 0 Å². The second-order valence-electron chi connectivity index (χ2n) is 3.50. The van der Waals surface area contributed by atoms with Gasteiger partial charge in [0.1, 0.15) is 0 Å². The maximum atomic E-state index is 5.39. The summed E-state index contributed by atoms with van der Waals surface area (Å²) >= 11 is 0. The number of hydrogen-bond donors (Lipinski definition) is 1. The third-order valence-corrected chi connectivity index (χ3v) is 2.53. The van der Waals surface area contributed by atoms with E-state index in [9.17, 15) is 0 Å². The molecule has 0 atom stereocenters. The average Bonchev–Trinajstić information content (AvgIpc) is 2.35. The van der Waals surface area contributed by atoms with Crippen molar-refractivity contribution in [2.24, 2.45) is 5.73 Å². The number of rotatable bonds is 4. The molecule has 16 heavy (non-hydrogen) atoms. The van der Waals surface area contributed by atoms with E-state index in [0.717, 1.165) is 6.42 Å². The predicted octanol–water partition coefficient (Wildman–Crippen LogP) is 3.90. The molecule has 0 saturated heterocycles. The minimum absolute atomic E-state index is 1.02. The summed E-state index contributed by atoms with van der Waals surface area (Å²) in [6.07, 6.45) is 8.68. The van der Waals surface area contributed by atoms with E-state index < -0.39 is 0 Å². The summed E-state index contributed by atoms with van der Waals surface area (Å²) in [6, 6.07) is 10.4. The summed E-state index contributed by atoms with van der Waals surface area (Å²) < 4.78 is 0. The van der Waals surface area contributed by atoms with Gasteiger partial charge in [-0.3, -0.25) is 0 Å². The van der Waals surface area contributed by atoms with E-state index in [-0.39, 0.29) is 0 Å². The standard InChI is InChI=1S/C15H19N/c1-3-13(4-2)15(11-8-12-16)14-9-6-5-7-10-14/h3,5-12H,4,16H2,1-2H3/b12-8-,13-3-,15-11+. The first-order valence-electron chi connectivity index (χ1n) is 5.63. The van der Waals surface area contributed by atoms with Gasteiger partial charge in [-0.1, -0.05) is 49.4 Å². The lowest BCUT2D eigenvalue weighted by atomic mass is 9.95. The molecule has 0 saturated carbocycles. The van der Waals surface area contributed by atoms with Gasteiger partial charge in [-0.25, -0.2) is 0 Å². The Morgan fingerprint density at radius 2 is 1.94 bits per heavy atom. The Bertz CT molecular complexity index is 397. The van der Waals surface area contributed by atoms with Crippen LogP contribution in [-0.4, -0.2) is 0 Å². The molecule has 0 spiro atoms. The topological polar surface area (TPSA) is 26.0 Å². The summed E-state index contributed by atoms with van der Waals surface area (Å²) in [5.41, 5.74) is 9.21. The lowest BCUT2D eigenvalue weighted by Crippen LogP contribution is -1.89. The molecule has 0 bridgehead atoms. The molecule has 2 N–H and O–H groups in total. The van der Waals surface area contributed by atoms with Gasteiger partial charge in [-0.2, -0.15) is 0 Å². The molecule has 1 nitrogen and oxygen atoms in total. The van der Waals surface area contributed by atoms with Crippen LogP contribution < -0.4 is 5.73 Å². The van der Waals surface area contributed by atoms with Crippen LogP contribution in [0.4, 0.5) is 0 Å². The van der Waals surface area contributed by atoms with Crippen molar-refractivity contribution in [3.05, 3.63) is 65.9 Å². The maximum absolute atomic E-state index is 5.39. The zero-order valence-electron chi connectivity index (χ0n) is 9.98. The molecule has 0 aliphatic carbocycles. The van der Waals surface area contributed by atoms with Crippen LogP contribution in [0.3, 0.4) is 0 Å². The van der Waals surface area contributed by atoms with Crippen LogP contribution in [0.2, 0.25) is 0 Å². The van der Waals surface area contributed by atoms with Gasteiger partial charge in [-0.05, 0) is 42.3 Å². The van der Waals surface area contributed by atoms with Crippen molar-refractivity contribution >= 4 is 5.57 Å². The highest BCUT2D eigenvalue weighted by Crippen LogP contribution is 2.25. The molecule has 0 amide bonds. The van der Waals surface area contributed by atoms with Crippen LogP contribution in [0.5, 0.6) is 0 Å². The third-order valence-electron chi connectivity index (χ3n) is 2.53. The summed E-state index contributed by atoms with van der Waals surface area (Å²) in [5.74, 6) is 0. The SMILES string of the molecule is C\C=C(CC)/C(=C\C=C/N)c1ccccc1. The van der Waals surface area contributed by atoms with Crippen molar-refractivity contribution in [1.82, 2.24) is 0 Å². The normalized spacial score (nSPS) is 13.4. The highest BCUT2D eigenvalue weighted by Gasteiger charge is 2.03. The van der Waals surface area contributed by atoms with Crippen molar-refractivity contribution in [3.63, 3.8) is 0 Å². The Morgan fingerprint density at radius 3 is 2.44 bits per heavy atom. The molecule has 0 aliphatic heterocycles. The second-order valence-corrected chi connectivity index (χ2v) is 3.50. The third kappa shape index (κ3) is 3.13. The molecule has 0 fully saturated rings. The van der Waals surface area contributed by atoms with Crippen molar-refractivity contribution in [3.8, 4) is 0 Å². The highest BCUT2D eigenvalue weighted by molar-refractivity contribution is 5.79.